The zero-order valence-electron chi connectivity index (χ0n) is 8.09. The van der Waals surface area contributed by atoms with Gasteiger partial charge in [-0.05, 0) is 19.3 Å². The monoisotopic (exact) mass is 165 g/mol. The largest absolute Gasteiger partial charge is 0.235 e. The van der Waals surface area contributed by atoms with Crippen molar-refractivity contribution in [1.29, 1.82) is 0 Å². The van der Waals surface area contributed by atoms with Crippen molar-refractivity contribution in [3.63, 3.8) is 0 Å². The molecule has 1 aliphatic carbocycles. The van der Waals surface area contributed by atoms with Gasteiger partial charge in [0.2, 0.25) is 6.08 Å². The lowest BCUT2D eigenvalue weighted by atomic mass is 10.1. The standard InChI is InChI=1S/C10H15NO/c1-7(2)5-8-9(11-6-12)10(8,3)4/h5,8-9H,1-4H3/t8-,9+/m1/s1. The molecule has 1 rings (SSSR count). The van der Waals surface area contributed by atoms with E-state index in [1.807, 2.05) is 0 Å². The van der Waals surface area contributed by atoms with Gasteiger partial charge in [-0.25, -0.2) is 9.79 Å². The van der Waals surface area contributed by atoms with E-state index in [2.05, 4.69) is 38.8 Å². The van der Waals surface area contributed by atoms with Crippen molar-refractivity contribution in [2.45, 2.75) is 33.7 Å². The van der Waals surface area contributed by atoms with Gasteiger partial charge in [-0.15, -0.1) is 0 Å². The third-order valence-electron chi connectivity index (χ3n) is 2.56. The van der Waals surface area contributed by atoms with Crippen molar-refractivity contribution < 1.29 is 4.79 Å². The van der Waals surface area contributed by atoms with Gasteiger partial charge in [0.05, 0.1) is 6.04 Å². The highest BCUT2D eigenvalue weighted by molar-refractivity contribution is 5.37. The van der Waals surface area contributed by atoms with Crippen LogP contribution in [0.25, 0.3) is 0 Å². The van der Waals surface area contributed by atoms with Gasteiger partial charge in [0.25, 0.3) is 0 Å². The zero-order chi connectivity index (χ0) is 9.35. The lowest BCUT2D eigenvalue weighted by Gasteiger charge is -1.95. The molecule has 0 aromatic rings. The quantitative estimate of drug-likeness (QED) is 0.351. The van der Waals surface area contributed by atoms with Crippen molar-refractivity contribution in [2.24, 2.45) is 16.3 Å². The van der Waals surface area contributed by atoms with Gasteiger partial charge in [0.1, 0.15) is 0 Å². The molecule has 0 N–H and O–H groups in total. The van der Waals surface area contributed by atoms with Gasteiger partial charge in [0, 0.05) is 5.92 Å². The van der Waals surface area contributed by atoms with Crippen LogP contribution in [0.4, 0.5) is 0 Å². The van der Waals surface area contributed by atoms with Crippen LogP contribution in [0.5, 0.6) is 0 Å². The summed E-state index contributed by atoms with van der Waals surface area (Å²) in [6, 6.07) is 0.157. The zero-order valence-corrected chi connectivity index (χ0v) is 8.09. The Hall–Kier alpha value is -0.880. The van der Waals surface area contributed by atoms with Crippen LogP contribution in [0.1, 0.15) is 27.7 Å². The Morgan fingerprint density at radius 3 is 2.50 bits per heavy atom. The summed E-state index contributed by atoms with van der Waals surface area (Å²) in [6.07, 6.45) is 3.82. The summed E-state index contributed by atoms with van der Waals surface area (Å²) in [5.41, 5.74) is 1.45. The maximum atomic E-state index is 10.1. The summed E-state index contributed by atoms with van der Waals surface area (Å²) in [4.78, 5) is 13.8. The van der Waals surface area contributed by atoms with E-state index >= 15 is 0 Å². The molecule has 1 aliphatic rings. The van der Waals surface area contributed by atoms with E-state index in [0.29, 0.717) is 5.92 Å². The van der Waals surface area contributed by atoms with E-state index in [1.54, 1.807) is 6.08 Å². The molecule has 2 nitrogen and oxygen atoms in total. The minimum absolute atomic E-state index is 0.157. The molecule has 0 aromatic carbocycles. The normalized spacial score (nSPS) is 30.3. The van der Waals surface area contributed by atoms with E-state index in [4.69, 9.17) is 0 Å². The molecular weight excluding hydrogens is 150 g/mol. The highest BCUT2D eigenvalue weighted by Gasteiger charge is 2.56. The molecule has 2 atom stereocenters. The molecule has 0 saturated heterocycles. The van der Waals surface area contributed by atoms with Crippen LogP contribution in [0.15, 0.2) is 16.6 Å². The van der Waals surface area contributed by atoms with Crippen LogP contribution in [0.3, 0.4) is 0 Å². The minimum Gasteiger partial charge on any atom is -0.211 e. The summed E-state index contributed by atoms with van der Waals surface area (Å²) in [5.74, 6) is 0.434. The summed E-state index contributed by atoms with van der Waals surface area (Å²) in [5, 5.41) is 0. The van der Waals surface area contributed by atoms with E-state index in [-0.39, 0.29) is 11.5 Å². The van der Waals surface area contributed by atoms with Crippen LogP contribution in [-0.4, -0.2) is 12.1 Å². The van der Waals surface area contributed by atoms with Gasteiger partial charge in [-0.2, -0.15) is 0 Å². The molecule has 2 heteroatoms. The lowest BCUT2D eigenvalue weighted by molar-refractivity contribution is 0.555. The van der Waals surface area contributed by atoms with E-state index in [1.165, 1.54) is 5.57 Å². The predicted octanol–water partition coefficient (Wildman–Crippen LogP) is 2.31. The molecule has 0 aromatic heterocycles. The number of isocyanates is 1. The summed E-state index contributed by atoms with van der Waals surface area (Å²) in [7, 11) is 0. The third kappa shape index (κ3) is 1.49. The predicted molar refractivity (Wildman–Crippen MR) is 48.6 cm³/mol. The average Bonchev–Trinajstić information content (AvgIpc) is 2.39. The van der Waals surface area contributed by atoms with Crippen LogP contribution in [-0.2, 0) is 4.79 Å². The Kier molecular flexibility index (Phi) is 2.20. The molecule has 0 bridgehead atoms. The molecular formula is C10H15NO. The van der Waals surface area contributed by atoms with Crippen molar-refractivity contribution in [3.8, 4) is 0 Å². The molecule has 66 valence electrons. The van der Waals surface area contributed by atoms with Gasteiger partial charge in [-0.3, -0.25) is 0 Å². The Morgan fingerprint density at radius 1 is 1.50 bits per heavy atom. The second-order valence-electron chi connectivity index (χ2n) is 4.26. The molecule has 12 heavy (non-hydrogen) atoms. The van der Waals surface area contributed by atoms with E-state index < -0.39 is 0 Å². The smallest absolute Gasteiger partial charge is 0.211 e. The maximum Gasteiger partial charge on any atom is 0.235 e. The summed E-state index contributed by atoms with van der Waals surface area (Å²) < 4.78 is 0. The first-order valence-electron chi connectivity index (χ1n) is 4.22. The molecule has 1 fully saturated rings. The molecule has 0 radical (unpaired) electrons. The van der Waals surface area contributed by atoms with Crippen LogP contribution < -0.4 is 0 Å². The fraction of sp³-hybridized carbons (Fsp3) is 0.700. The van der Waals surface area contributed by atoms with Gasteiger partial charge in [0.15, 0.2) is 0 Å². The number of rotatable bonds is 2. The van der Waals surface area contributed by atoms with Crippen molar-refractivity contribution in [1.82, 2.24) is 0 Å². The Balaban J connectivity index is 2.73. The highest BCUT2D eigenvalue weighted by atomic mass is 16.1. The SMILES string of the molecule is CC(C)=C[C@@H]1[C@H](N=C=O)C1(C)C. The fourth-order valence-corrected chi connectivity index (χ4v) is 1.62. The number of hydrogen-bond acceptors (Lipinski definition) is 2. The first kappa shape index (κ1) is 9.21. The summed E-state index contributed by atoms with van der Waals surface area (Å²) >= 11 is 0. The van der Waals surface area contributed by atoms with Crippen LogP contribution in [0.2, 0.25) is 0 Å². The number of carbonyl (C=O) groups excluding carboxylic acids is 1. The fourth-order valence-electron chi connectivity index (χ4n) is 1.62. The first-order valence-corrected chi connectivity index (χ1v) is 4.22. The topological polar surface area (TPSA) is 29.4 Å². The average molecular weight is 165 g/mol. The van der Waals surface area contributed by atoms with Gasteiger partial charge >= 0.3 is 0 Å². The Morgan fingerprint density at radius 2 is 2.08 bits per heavy atom. The molecule has 0 unspecified atom stereocenters. The molecule has 1 saturated carbocycles. The second-order valence-corrected chi connectivity index (χ2v) is 4.26. The lowest BCUT2D eigenvalue weighted by Crippen LogP contribution is -1.90. The molecule has 0 heterocycles. The second kappa shape index (κ2) is 2.87. The van der Waals surface area contributed by atoms with Crippen molar-refractivity contribution in [3.05, 3.63) is 11.6 Å². The van der Waals surface area contributed by atoms with Crippen molar-refractivity contribution >= 4 is 6.08 Å². The van der Waals surface area contributed by atoms with Gasteiger partial charge in [-0.1, -0.05) is 25.5 Å². The first-order chi connectivity index (χ1) is 5.50. The Labute approximate surface area is 73.4 Å². The highest BCUT2D eigenvalue weighted by Crippen LogP contribution is 2.55. The number of hydrogen-bond donors (Lipinski definition) is 0. The van der Waals surface area contributed by atoms with Crippen LogP contribution in [0, 0.1) is 11.3 Å². The maximum absolute atomic E-state index is 10.1. The molecule has 0 aliphatic heterocycles. The minimum atomic E-state index is 0.157. The van der Waals surface area contributed by atoms with E-state index in [9.17, 15) is 4.79 Å². The number of nitrogens with zero attached hydrogens (tertiary/aromatic N) is 1. The van der Waals surface area contributed by atoms with Crippen LogP contribution >= 0.6 is 0 Å². The Bertz CT molecular complexity index is 255. The number of allylic oxidation sites excluding steroid dienone is 1. The van der Waals surface area contributed by atoms with Crippen molar-refractivity contribution in [2.75, 3.05) is 0 Å². The molecule has 0 spiro atoms. The van der Waals surface area contributed by atoms with Gasteiger partial charge < -0.3 is 0 Å². The number of aliphatic imine (C=N–C) groups is 1. The third-order valence-corrected chi connectivity index (χ3v) is 2.56. The molecule has 0 amide bonds. The summed E-state index contributed by atoms with van der Waals surface area (Å²) in [6.45, 7) is 8.39. The van der Waals surface area contributed by atoms with E-state index in [0.717, 1.165) is 0 Å².